The van der Waals surface area contributed by atoms with E-state index < -0.39 is 5.91 Å². The molecule has 1 N–H and O–H groups in total. The minimum absolute atomic E-state index is 0.0926. The Hall–Kier alpha value is -2.11. The first-order valence-electron chi connectivity index (χ1n) is 7.54. The van der Waals surface area contributed by atoms with E-state index >= 15 is 0 Å². The van der Waals surface area contributed by atoms with Gasteiger partial charge >= 0.3 is 0 Å². The largest absolute Gasteiger partial charge is 0.347 e. The van der Waals surface area contributed by atoms with Gasteiger partial charge in [-0.1, -0.05) is 35.3 Å². The first kappa shape index (κ1) is 16.7. The summed E-state index contributed by atoms with van der Waals surface area (Å²) in [5.41, 5.74) is 1.83. The van der Waals surface area contributed by atoms with Crippen LogP contribution in [0.5, 0.6) is 0 Å². The molecule has 3 rings (SSSR count). The van der Waals surface area contributed by atoms with Gasteiger partial charge in [-0.3, -0.25) is 9.59 Å². The second-order valence-electron chi connectivity index (χ2n) is 5.47. The normalized spacial score (nSPS) is 14.1. The highest BCUT2D eigenvalue weighted by Gasteiger charge is 2.21. The number of carbonyl (C=O) groups excluding carboxylic acids is 2. The zero-order valence-corrected chi connectivity index (χ0v) is 14.3. The summed E-state index contributed by atoms with van der Waals surface area (Å²) in [6.07, 6.45) is 1.46. The van der Waals surface area contributed by atoms with Crippen molar-refractivity contribution in [3.05, 3.63) is 57.8 Å². The lowest BCUT2D eigenvalue weighted by atomic mass is 10.2. The molecule has 24 heavy (non-hydrogen) atoms. The number of nitrogens with zero attached hydrogens (tertiary/aromatic N) is 2. The molecule has 0 spiro atoms. The van der Waals surface area contributed by atoms with Gasteiger partial charge in [-0.25, -0.2) is 4.98 Å². The molecule has 1 aromatic carbocycles. The van der Waals surface area contributed by atoms with Crippen molar-refractivity contribution in [2.45, 2.75) is 19.4 Å². The third-order valence-corrected chi connectivity index (χ3v) is 4.29. The van der Waals surface area contributed by atoms with E-state index in [-0.39, 0.29) is 21.8 Å². The zero-order chi connectivity index (χ0) is 17.1. The monoisotopic (exact) mass is 363 g/mol. The Bertz CT molecular complexity index is 795. The number of nitrogens with one attached hydrogen (secondary N) is 1. The van der Waals surface area contributed by atoms with Gasteiger partial charge < -0.3 is 10.2 Å². The minimum atomic E-state index is -0.398. The van der Waals surface area contributed by atoms with Gasteiger partial charge in [0, 0.05) is 25.2 Å². The van der Waals surface area contributed by atoms with E-state index in [1.165, 1.54) is 12.1 Å². The van der Waals surface area contributed by atoms with E-state index in [1.54, 1.807) is 4.90 Å². The van der Waals surface area contributed by atoms with Crippen LogP contribution in [0.1, 0.15) is 28.9 Å². The fraction of sp³-hybridized carbons (Fsp3) is 0.235. The van der Waals surface area contributed by atoms with Crippen LogP contribution in [0.2, 0.25) is 10.2 Å². The first-order valence-corrected chi connectivity index (χ1v) is 8.30. The number of carbonyl (C=O) groups is 2. The van der Waals surface area contributed by atoms with Gasteiger partial charge in [-0.05, 0) is 36.2 Å². The van der Waals surface area contributed by atoms with Crippen molar-refractivity contribution >= 4 is 40.7 Å². The number of anilines is 1. The molecule has 0 atom stereocenters. The highest BCUT2D eigenvalue weighted by Crippen LogP contribution is 2.22. The smallest absolute Gasteiger partial charge is 0.271 e. The molecule has 0 bridgehead atoms. The van der Waals surface area contributed by atoms with Crippen molar-refractivity contribution in [2.75, 3.05) is 11.4 Å². The summed E-state index contributed by atoms with van der Waals surface area (Å²) in [4.78, 5) is 29.7. The van der Waals surface area contributed by atoms with E-state index in [4.69, 9.17) is 23.2 Å². The number of benzene rings is 1. The third-order valence-electron chi connectivity index (χ3n) is 3.78. The topological polar surface area (TPSA) is 62.3 Å². The van der Waals surface area contributed by atoms with E-state index in [2.05, 4.69) is 10.3 Å². The molecular weight excluding hydrogens is 349 g/mol. The van der Waals surface area contributed by atoms with Crippen LogP contribution in [0.25, 0.3) is 0 Å². The fourth-order valence-corrected chi connectivity index (χ4v) is 2.94. The maximum atomic E-state index is 12.2. The lowest BCUT2D eigenvalue weighted by Gasteiger charge is -2.16. The van der Waals surface area contributed by atoms with E-state index in [0.29, 0.717) is 13.0 Å². The summed E-state index contributed by atoms with van der Waals surface area (Å²) in [5.74, 6) is -0.267. The molecule has 7 heteroatoms. The molecule has 0 aliphatic carbocycles. The average Bonchev–Trinajstić information content (AvgIpc) is 3.01. The maximum Gasteiger partial charge on any atom is 0.271 e. The van der Waals surface area contributed by atoms with Crippen LogP contribution in [0.15, 0.2) is 36.4 Å². The third kappa shape index (κ3) is 3.68. The lowest BCUT2D eigenvalue weighted by molar-refractivity contribution is -0.117. The number of pyridine rings is 1. The predicted molar refractivity (Wildman–Crippen MR) is 93.5 cm³/mol. The second-order valence-corrected chi connectivity index (χ2v) is 6.26. The Balaban J connectivity index is 1.69. The average molecular weight is 364 g/mol. The van der Waals surface area contributed by atoms with Gasteiger partial charge in [0.15, 0.2) is 0 Å². The molecule has 1 aliphatic rings. The van der Waals surface area contributed by atoms with Crippen molar-refractivity contribution in [3.63, 3.8) is 0 Å². The molecule has 5 nitrogen and oxygen atoms in total. The molecular formula is C17H15Cl2N3O2. The Morgan fingerprint density at radius 1 is 1.25 bits per heavy atom. The minimum Gasteiger partial charge on any atom is -0.347 e. The van der Waals surface area contributed by atoms with Gasteiger partial charge in [0.2, 0.25) is 5.91 Å². The standard InChI is InChI=1S/C17H15Cl2N3O2/c18-13-6-7-14(19)21-16(13)17(24)20-10-11-3-1-4-12(9-11)22-8-2-5-15(22)23/h1,3-4,6-7,9H,2,5,8,10H2,(H,20,24). The number of halogens is 2. The van der Waals surface area contributed by atoms with Gasteiger partial charge in [0.1, 0.15) is 10.8 Å². The number of amides is 2. The molecule has 1 fully saturated rings. The Kier molecular flexibility index (Phi) is 5.02. The lowest BCUT2D eigenvalue weighted by Crippen LogP contribution is -2.25. The SMILES string of the molecule is O=C(NCc1cccc(N2CCCC2=O)c1)c1nc(Cl)ccc1Cl. The Morgan fingerprint density at radius 2 is 2.08 bits per heavy atom. The number of aromatic nitrogens is 1. The Morgan fingerprint density at radius 3 is 2.83 bits per heavy atom. The highest BCUT2D eigenvalue weighted by molar-refractivity contribution is 6.34. The molecule has 1 aromatic heterocycles. The molecule has 0 saturated carbocycles. The van der Waals surface area contributed by atoms with E-state index in [1.807, 2.05) is 24.3 Å². The summed E-state index contributed by atoms with van der Waals surface area (Å²) >= 11 is 11.8. The summed E-state index contributed by atoms with van der Waals surface area (Å²) < 4.78 is 0. The van der Waals surface area contributed by atoms with Gasteiger partial charge in [0.25, 0.3) is 5.91 Å². The summed E-state index contributed by atoms with van der Waals surface area (Å²) in [6, 6.07) is 10.6. The maximum absolute atomic E-state index is 12.2. The highest BCUT2D eigenvalue weighted by atomic mass is 35.5. The van der Waals surface area contributed by atoms with Crippen molar-refractivity contribution in [1.82, 2.24) is 10.3 Å². The predicted octanol–water partition coefficient (Wildman–Crippen LogP) is 3.45. The van der Waals surface area contributed by atoms with Crippen LogP contribution in [0.4, 0.5) is 5.69 Å². The number of hydrogen-bond acceptors (Lipinski definition) is 3. The molecule has 124 valence electrons. The van der Waals surface area contributed by atoms with Crippen LogP contribution in [-0.4, -0.2) is 23.3 Å². The molecule has 0 radical (unpaired) electrons. The van der Waals surface area contributed by atoms with Crippen LogP contribution >= 0.6 is 23.2 Å². The summed E-state index contributed by atoms with van der Waals surface area (Å²) in [6.45, 7) is 1.04. The Labute approximate surface area is 149 Å². The molecule has 0 unspecified atom stereocenters. The molecule has 2 amide bonds. The van der Waals surface area contributed by atoms with Crippen molar-refractivity contribution in [3.8, 4) is 0 Å². The summed E-state index contributed by atoms with van der Waals surface area (Å²) in [5, 5.41) is 3.22. The van der Waals surface area contributed by atoms with E-state index in [9.17, 15) is 9.59 Å². The van der Waals surface area contributed by atoms with Gasteiger partial charge in [-0.2, -0.15) is 0 Å². The number of hydrogen-bond donors (Lipinski definition) is 1. The first-order chi connectivity index (χ1) is 11.5. The summed E-state index contributed by atoms with van der Waals surface area (Å²) in [7, 11) is 0. The van der Waals surface area contributed by atoms with Crippen LogP contribution in [0, 0.1) is 0 Å². The van der Waals surface area contributed by atoms with E-state index in [0.717, 1.165) is 24.2 Å². The molecule has 1 saturated heterocycles. The van der Waals surface area contributed by atoms with Gasteiger partial charge in [0.05, 0.1) is 5.02 Å². The zero-order valence-electron chi connectivity index (χ0n) is 12.8. The van der Waals surface area contributed by atoms with Crippen molar-refractivity contribution < 1.29 is 9.59 Å². The van der Waals surface area contributed by atoms with Crippen molar-refractivity contribution in [1.29, 1.82) is 0 Å². The van der Waals surface area contributed by atoms with Crippen LogP contribution < -0.4 is 10.2 Å². The second kappa shape index (κ2) is 7.20. The molecule has 2 aromatic rings. The quantitative estimate of drug-likeness (QED) is 0.846. The van der Waals surface area contributed by atoms with Crippen LogP contribution in [0.3, 0.4) is 0 Å². The molecule has 1 aliphatic heterocycles. The number of rotatable bonds is 4. The fourth-order valence-electron chi connectivity index (χ4n) is 2.60. The van der Waals surface area contributed by atoms with Crippen LogP contribution in [-0.2, 0) is 11.3 Å². The molecule has 2 heterocycles. The van der Waals surface area contributed by atoms with Gasteiger partial charge in [-0.15, -0.1) is 0 Å². The van der Waals surface area contributed by atoms with Crippen molar-refractivity contribution in [2.24, 2.45) is 0 Å².